The minimum absolute atomic E-state index is 0.0222. The Morgan fingerprint density at radius 2 is 1.69 bits per heavy atom. The van der Waals surface area contributed by atoms with E-state index >= 15 is 0 Å². The van der Waals surface area contributed by atoms with E-state index < -0.39 is 0 Å². The Morgan fingerprint density at radius 1 is 1.08 bits per heavy atom. The molecule has 2 N–H and O–H groups in total. The third-order valence-electron chi connectivity index (χ3n) is 1.92. The Morgan fingerprint density at radius 3 is 2.31 bits per heavy atom. The first kappa shape index (κ1) is 12.4. The number of amides is 1. The molecule has 0 atom stereocenters. The number of hydrogen-bond acceptors (Lipinski definition) is 2. The van der Waals surface area contributed by atoms with Crippen LogP contribution in [0.1, 0.15) is 52.4 Å². The zero-order chi connectivity index (χ0) is 9.94. The van der Waals surface area contributed by atoms with Gasteiger partial charge in [-0.25, -0.2) is 5.43 Å². The number of hydrogen-bond donors (Lipinski definition) is 2. The molecule has 0 saturated carbocycles. The second-order valence-electron chi connectivity index (χ2n) is 3.38. The van der Waals surface area contributed by atoms with Gasteiger partial charge in [0, 0.05) is 13.5 Å². The van der Waals surface area contributed by atoms with Crippen LogP contribution in [0, 0.1) is 0 Å². The fourth-order valence-electron chi connectivity index (χ4n) is 1.18. The lowest BCUT2D eigenvalue weighted by Gasteiger charge is -2.04. The summed E-state index contributed by atoms with van der Waals surface area (Å²) in [4.78, 5) is 10.4. The van der Waals surface area contributed by atoms with Crippen LogP contribution in [0.2, 0.25) is 0 Å². The molecule has 1 amide bonds. The van der Waals surface area contributed by atoms with Crippen molar-refractivity contribution in [3.05, 3.63) is 0 Å². The maximum Gasteiger partial charge on any atom is 0.230 e. The SMILES string of the molecule is CCCCCCCCNNC(C)=O. The number of carbonyl (C=O) groups excluding carboxylic acids is 1. The summed E-state index contributed by atoms with van der Waals surface area (Å²) in [6, 6.07) is 0. The van der Waals surface area contributed by atoms with E-state index in [1.165, 1.54) is 39.0 Å². The van der Waals surface area contributed by atoms with E-state index in [0.29, 0.717) is 0 Å². The van der Waals surface area contributed by atoms with Gasteiger partial charge < -0.3 is 0 Å². The van der Waals surface area contributed by atoms with Crippen LogP contribution in [0.3, 0.4) is 0 Å². The summed E-state index contributed by atoms with van der Waals surface area (Å²) in [5.41, 5.74) is 5.43. The highest BCUT2D eigenvalue weighted by molar-refractivity contribution is 5.72. The first-order valence-corrected chi connectivity index (χ1v) is 5.26. The summed E-state index contributed by atoms with van der Waals surface area (Å²) in [6.07, 6.45) is 7.70. The summed E-state index contributed by atoms with van der Waals surface area (Å²) in [5.74, 6) is -0.0222. The van der Waals surface area contributed by atoms with Gasteiger partial charge in [0.2, 0.25) is 5.91 Å². The van der Waals surface area contributed by atoms with Crippen molar-refractivity contribution in [3.63, 3.8) is 0 Å². The van der Waals surface area contributed by atoms with Gasteiger partial charge in [-0.15, -0.1) is 0 Å². The zero-order valence-corrected chi connectivity index (χ0v) is 8.86. The standard InChI is InChI=1S/C10H22N2O/c1-3-4-5-6-7-8-9-11-12-10(2)13/h11H,3-9H2,1-2H3,(H,12,13). The van der Waals surface area contributed by atoms with Crippen molar-refractivity contribution in [1.82, 2.24) is 10.9 Å². The second kappa shape index (κ2) is 9.52. The Bertz CT molecular complexity index is 126. The predicted octanol–water partition coefficient (Wildman–Crippen LogP) is 1.99. The summed E-state index contributed by atoms with van der Waals surface area (Å²) in [7, 11) is 0. The van der Waals surface area contributed by atoms with Crippen molar-refractivity contribution in [2.24, 2.45) is 0 Å². The lowest BCUT2D eigenvalue weighted by molar-refractivity contribution is -0.119. The molecule has 0 unspecified atom stereocenters. The highest BCUT2D eigenvalue weighted by Gasteiger charge is 1.90. The molecule has 0 aromatic carbocycles. The summed E-state index contributed by atoms with van der Waals surface area (Å²) >= 11 is 0. The van der Waals surface area contributed by atoms with E-state index in [1.54, 1.807) is 0 Å². The largest absolute Gasteiger partial charge is 0.292 e. The van der Waals surface area contributed by atoms with Crippen LogP contribution in [0.5, 0.6) is 0 Å². The molecule has 0 aliphatic carbocycles. The molecular formula is C10H22N2O. The summed E-state index contributed by atoms with van der Waals surface area (Å²) in [5, 5.41) is 0. The molecule has 3 nitrogen and oxygen atoms in total. The van der Waals surface area contributed by atoms with E-state index in [2.05, 4.69) is 17.8 Å². The lowest BCUT2D eigenvalue weighted by atomic mass is 10.1. The van der Waals surface area contributed by atoms with Crippen LogP contribution >= 0.6 is 0 Å². The van der Waals surface area contributed by atoms with Gasteiger partial charge in [0.15, 0.2) is 0 Å². The van der Waals surface area contributed by atoms with Crippen LogP contribution in [-0.4, -0.2) is 12.5 Å². The average molecular weight is 186 g/mol. The van der Waals surface area contributed by atoms with Gasteiger partial charge in [0.05, 0.1) is 0 Å². The first-order valence-electron chi connectivity index (χ1n) is 5.26. The van der Waals surface area contributed by atoms with Gasteiger partial charge in [0.25, 0.3) is 0 Å². The Hall–Kier alpha value is -0.570. The monoisotopic (exact) mass is 186 g/mol. The minimum Gasteiger partial charge on any atom is -0.292 e. The molecule has 0 bridgehead atoms. The van der Waals surface area contributed by atoms with Crippen LogP contribution in [0.25, 0.3) is 0 Å². The molecule has 0 aliphatic rings. The lowest BCUT2D eigenvalue weighted by Crippen LogP contribution is -2.36. The maximum absolute atomic E-state index is 10.4. The van der Waals surface area contributed by atoms with E-state index in [-0.39, 0.29) is 5.91 Å². The fourth-order valence-corrected chi connectivity index (χ4v) is 1.18. The molecule has 0 aliphatic heterocycles. The van der Waals surface area contributed by atoms with Crippen molar-refractivity contribution in [2.75, 3.05) is 6.54 Å². The first-order chi connectivity index (χ1) is 6.27. The molecular weight excluding hydrogens is 164 g/mol. The second-order valence-corrected chi connectivity index (χ2v) is 3.38. The molecule has 78 valence electrons. The number of carbonyl (C=O) groups is 1. The topological polar surface area (TPSA) is 41.1 Å². The van der Waals surface area contributed by atoms with Gasteiger partial charge in [0.1, 0.15) is 0 Å². The number of rotatable bonds is 8. The molecule has 0 aromatic rings. The number of nitrogens with one attached hydrogen (secondary N) is 2. The van der Waals surface area contributed by atoms with E-state index in [1.807, 2.05) is 0 Å². The average Bonchev–Trinajstić information content (AvgIpc) is 2.09. The van der Waals surface area contributed by atoms with Gasteiger partial charge in [-0.1, -0.05) is 39.0 Å². The molecule has 13 heavy (non-hydrogen) atoms. The van der Waals surface area contributed by atoms with Crippen LogP contribution in [-0.2, 0) is 4.79 Å². The van der Waals surface area contributed by atoms with Gasteiger partial charge in [-0.05, 0) is 6.42 Å². The molecule has 0 fully saturated rings. The van der Waals surface area contributed by atoms with Gasteiger partial charge in [-0.2, -0.15) is 0 Å². The molecule has 0 rings (SSSR count). The van der Waals surface area contributed by atoms with Crippen LogP contribution in [0.15, 0.2) is 0 Å². The minimum atomic E-state index is -0.0222. The molecule has 0 saturated heterocycles. The van der Waals surface area contributed by atoms with Crippen molar-refractivity contribution in [1.29, 1.82) is 0 Å². The molecule has 0 radical (unpaired) electrons. The predicted molar refractivity (Wildman–Crippen MR) is 55.2 cm³/mol. The van der Waals surface area contributed by atoms with Crippen molar-refractivity contribution < 1.29 is 4.79 Å². The third-order valence-corrected chi connectivity index (χ3v) is 1.92. The highest BCUT2D eigenvalue weighted by Crippen LogP contribution is 2.03. The van der Waals surface area contributed by atoms with Crippen LogP contribution in [0.4, 0.5) is 0 Å². The van der Waals surface area contributed by atoms with E-state index in [0.717, 1.165) is 13.0 Å². The highest BCUT2D eigenvalue weighted by atomic mass is 16.2. The Kier molecular flexibility index (Phi) is 9.10. The third kappa shape index (κ3) is 11.4. The zero-order valence-electron chi connectivity index (χ0n) is 8.86. The fraction of sp³-hybridized carbons (Fsp3) is 0.900. The molecule has 3 heteroatoms. The summed E-state index contributed by atoms with van der Waals surface area (Å²) < 4.78 is 0. The van der Waals surface area contributed by atoms with Crippen molar-refractivity contribution >= 4 is 5.91 Å². The van der Waals surface area contributed by atoms with E-state index in [4.69, 9.17) is 0 Å². The summed E-state index contributed by atoms with van der Waals surface area (Å²) in [6.45, 7) is 4.61. The number of hydrazine groups is 1. The molecule has 0 spiro atoms. The van der Waals surface area contributed by atoms with Crippen LogP contribution < -0.4 is 10.9 Å². The van der Waals surface area contributed by atoms with Gasteiger partial charge in [-0.3, -0.25) is 10.2 Å². The molecule has 0 aromatic heterocycles. The van der Waals surface area contributed by atoms with Gasteiger partial charge >= 0.3 is 0 Å². The number of unbranched alkanes of at least 4 members (excludes halogenated alkanes) is 5. The molecule has 0 heterocycles. The van der Waals surface area contributed by atoms with E-state index in [9.17, 15) is 4.79 Å². The Labute approximate surface area is 81.3 Å². The van der Waals surface area contributed by atoms with Crippen molar-refractivity contribution in [3.8, 4) is 0 Å². The Balaban J connectivity index is 2.87. The maximum atomic E-state index is 10.4. The quantitative estimate of drug-likeness (QED) is 0.449. The smallest absolute Gasteiger partial charge is 0.230 e. The normalized spacial score (nSPS) is 10.0. The van der Waals surface area contributed by atoms with Crippen molar-refractivity contribution in [2.45, 2.75) is 52.4 Å².